The molecule has 32 heavy (non-hydrogen) atoms. The van der Waals surface area contributed by atoms with Gasteiger partial charge in [0.25, 0.3) is 5.91 Å². The van der Waals surface area contributed by atoms with Crippen molar-refractivity contribution in [2.45, 2.75) is 38.6 Å². The van der Waals surface area contributed by atoms with Gasteiger partial charge in [-0.3, -0.25) is 9.69 Å². The molecule has 0 radical (unpaired) electrons. The van der Waals surface area contributed by atoms with Crippen LogP contribution in [0.15, 0.2) is 48.5 Å². The summed E-state index contributed by atoms with van der Waals surface area (Å²) in [4.78, 5) is 17.3. The number of nitrogens with zero attached hydrogens (tertiary/aromatic N) is 2. The van der Waals surface area contributed by atoms with E-state index in [1.807, 2.05) is 18.2 Å². The van der Waals surface area contributed by atoms with Crippen LogP contribution < -0.4 is 4.74 Å². The zero-order chi connectivity index (χ0) is 22.4. The van der Waals surface area contributed by atoms with E-state index < -0.39 is 5.82 Å². The van der Waals surface area contributed by atoms with Gasteiger partial charge >= 0.3 is 0 Å². The number of aliphatic hydroxyl groups excluding tert-OH is 1. The molecule has 0 atom stereocenters. The lowest BCUT2D eigenvalue weighted by molar-refractivity contribution is 0.0319. The molecule has 3 heterocycles. The van der Waals surface area contributed by atoms with Crippen molar-refractivity contribution in [1.82, 2.24) is 9.80 Å². The first-order chi connectivity index (χ1) is 15.6. The summed E-state index contributed by atoms with van der Waals surface area (Å²) in [6, 6.07) is 13.9. The largest absolute Gasteiger partial charge is 0.491 e. The zero-order valence-corrected chi connectivity index (χ0v) is 18.6. The summed E-state index contributed by atoms with van der Waals surface area (Å²) >= 11 is 0. The second kappa shape index (κ2) is 10.5. The quantitative estimate of drug-likeness (QED) is 0.764. The molecule has 1 saturated heterocycles. The highest BCUT2D eigenvalue weighted by atomic mass is 19.1. The fraction of sp³-hybridized carbons (Fsp3) is 0.500. The summed E-state index contributed by atoms with van der Waals surface area (Å²) in [5.74, 6) is 0.268. The predicted molar refractivity (Wildman–Crippen MR) is 122 cm³/mol. The van der Waals surface area contributed by atoms with Gasteiger partial charge in [-0.15, -0.1) is 0 Å². The number of aliphatic hydroxyl groups is 1. The van der Waals surface area contributed by atoms with Gasteiger partial charge in [0.2, 0.25) is 0 Å². The van der Waals surface area contributed by atoms with E-state index in [0.29, 0.717) is 25.3 Å². The summed E-state index contributed by atoms with van der Waals surface area (Å²) in [5.41, 5.74) is 1.48. The van der Waals surface area contributed by atoms with Gasteiger partial charge in [-0.25, -0.2) is 4.39 Å². The van der Waals surface area contributed by atoms with Crippen LogP contribution in [-0.4, -0.2) is 60.2 Å². The first kappa shape index (κ1) is 22.7. The number of para-hydroxylation sites is 1. The topological polar surface area (TPSA) is 53.0 Å². The van der Waals surface area contributed by atoms with Crippen molar-refractivity contribution in [2.24, 2.45) is 5.41 Å². The zero-order valence-electron chi connectivity index (χ0n) is 18.6. The summed E-state index contributed by atoms with van der Waals surface area (Å²) < 4.78 is 19.8. The van der Waals surface area contributed by atoms with Gasteiger partial charge in [-0.2, -0.15) is 0 Å². The molecule has 1 amide bonds. The number of benzene rings is 2. The smallest absolute Gasteiger partial charge is 0.254 e. The monoisotopic (exact) mass is 440 g/mol. The van der Waals surface area contributed by atoms with Gasteiger partial charge < -0.3 is 14.7 Å². The average Bonchev–Trinajstić information content (AvgIpc) is 2.83. The van der Waals surface area contributed by atoms with E-state index in [0.717, 1.165) is 63.1 Å². The number of piperidine rings is 1. The Labute approximate surface area is 189 Å². The van der Waals surface area contributed by atoms with Crippen LogP contribution in [0, 0.1) is 11.2 Å². The van der Waals surface area contributed by atoms with E-state index in [9.17, 15) is 14.3 Å². The minimum atomic E-state index is -0.407. The second-order valence-electron chi connectivity index (χ2n) is 9.15. The van der Waals surface area contributed by atoms with Crippen molar-refractivity contribution in [1.29, 1.82) is 0 Å². The number of hydrogen-bond acceptors (Lipinski definition) is 4. The number of ether oxygens (including phenoxy) is 1. The Kier molecular flexibility index (Phi) is 7.43. The number of halogens is 1. The van der Waals surface area contributed by atoms with Crippen LogP contribution in [0.25, 0.3) is 0 Å². The Hall–Kier alpha value is -2.44. The van der Waals surface area contributed by atoms with E-state index in [1.54, 1.807) is 17.0 Å². The van der Waals surface area contributed by atoms with Gasteiger partial charge in [-0.1, -0.05) is 30.7 Å². The molecule has 172 valence electrons. The van der Waals surface area contributed by atoms with Crippen molar-refractivity contribution in [3.63, 3.8) is 0 Å². The number of amides is 1. The number of fused-ring (bicyclic) bond motifs is 9. The Morgan fingerprint density at radius 1 is 1.00 bits per heavy atom. The minimum Gasteiger partial charge on any atom is -0.491 e. The van der Waals surface area contributed by atoms with Gasteiger partial charge in [0.15, 0.2) is 0 Å². The van der Waals surface area contributed by atoms with Crippen molar-refractivity contribution in [3.8, 4) is 5.75 Å². The molecule has 2 aromatic rings. The summed E-state index contributed by atoms with van der Waals surface area (Å²) in [7, 11) is 0. The van der Waals surface area contributed by atoms with Crippen molar-refractivity contribution in [3.05, 3.63) is 65.5 Å². The van der Waals surface area contributed by atoms with Gasteiger partial charge in [0, 0.05) is 30.8 Å². The molecular formula is C26H33FN2O3. The molecule has 3 aliphatic heterocycles. The standard InChI is InChI=1S/C26H33FN2O3/c27-23-8-5-7-21(18-23)25(31)29-13-4-3-10-26(20-30)11-14-28(15-12-26)19-22-6-1-2-9-24(22)32-17-16-29/h1-2,5-9,18,30H,3-4,10-17,19-20H2. The SMILES string of the molecule is O=C(c1cccc(F)c1)N1CCCCC2(CO)CCN(CC2)Cc2ccccc2OCC1. The summed E-state index contributed by atoms with van der Waals surface area (Å²) in [6.45, 7) is 4.40. The van der Waals surface area contributed by atoms with Gasteiger partial charge in [0.1, 0.15) is 18.2 Å². The first-order valence-electron chi connectivity index (χ1n) is 11.7. The van der Waals surface area contributed by atoms with Crippen molar-refractivity contribution in [2.75, 3.05) is 39.4 Å². The van der Waals surface area contributed by atoms with E-state index >= 15 is 0 Å². The molecule has 0 aromatic heterocycles. The Morgan fingerprint density at radius 2 is 1.81 bits per heavy atom. The molecule has 6 heteroatoms. The van der Waals surface area contributed by atoms with Gasteiger partial charge in [-0.05, 0) is 68.5 Å². The molecule has 2 aromatic carbocycles. The first-order valence-corrected chi connectivity index (χ1v) is 11.7. The highest BCUT2D eigenvalue weighted by Gasteiger charge is 2.34. The van der Waals surface area contributed by atoms with Crippen LogP contribution in [0.1, 0.15) is 48.0 Å². The highest BCUT2D eigenvalue weighted by molar-refractivity contribution is 5.94. The molecule has 1 fully saturated rings. The molecular weight excluding hydrogens is 407 g/mol. The van der Waals surface area contributed by atoms with Crippen LogP contribution in [0.4, 0.5) is 4.39 Å². The Morgan fingerprint density at radius 3 is 2.59 bits per heavy atom. The number of carbonyl (C=O) groups is 1. The van der Waals surface area contributed by atoms with Crippen LogP contribution in [0.2, 0.25) is 0 Å². The third-order valence-electron chi connectivity index (χ3n) is 6.98. The van der Waals surface area contributed by atoms with Crippen LogP contribution in [0.5, 0.6) is 5.75 Å². The maximum absolute atomic E-state index is 13.7. The Bertz CT molecular complexity index is 911. The lowest BCUT2D eigenvalue weighted by Gasteiger charge is -2.41. The predicted octanol–water partition coefficient (Wildman–Crippen LogP) is 4.11. The molecule has 0 unspecified atom stereocenters. The molecule has 5 rings (SSSR count). The fourth-order valence-electron chi connectivity index (χ4n) is 4.88. The maximum Gasteiger partial charge on any atom is 0.254 e. The average molecular weight is 441 g/mol. The van der Waals surface area contributed by atoms with Crippen LogP contribution in [0.3, 0.4) is 0 Å². The molecule has 0 aliphatic carbocycles. The lowest BCUT2D eigenvalue weighted by Crippen LogP contribution is -2.41. The molecule has 2 bridgehead atoms. The molecule has 0 spiro atoms. The normalized spacial score (nSPS) is 24.7. The number of rotatable bonds is 2. The summed E-state index contributed by atoms with van der Waals surface area (Å²) in [5, 5.41) is 10.2. The Balaban J connectivity index is 1.54. The van der Waals surface area contributed by atoms with Crippen LogP contribution >= 0.6 is 0 Å². The molecule has 3 aliphatic rings. The van der Waals surface area contributed by atoms with E-state index in [2.05, 4.69) is 11.0 Å². The third-order valence-corrected chi connectivity index (χ3v) is 6.98. The van der Waals surface area contributed by atoms with E-state index in [4.69, 9.17) is 4.74 Å². The lowest BCUT2D eigenvalue weighted by atomic mass is 9.75. The van der Waals surface area contributed by atoms with Gasteiger partial charge in [0.05, 0.1) is 6.54 Å². The molecule has 5 nitrogen and oxygen atoms in total. The maximum atomic E-state index is 13.7. The minimum absolute atomic E-state index is 0.0237. The fourth-order valence-corrected chi connectivity index (χ4v) is 4.88. The van der Waals surface area contributed by atoms with E-state index in [1.165, 1.54) is 12.1 Å². The molecule has 1 N–H and O–H groups in total. The highest BCUT2D eigenvalue weighted by Crippen LogP contribution is 2.37. The molecule has 0 saturated carbocycles. The van der Waals surface area contributed by atoms with E-state index in [-0.39, 0.29) is 17.9 Å². The van der Waals surface area contributed by atoms with Crippen molar-refractivity contribution < 1.29 is 19.0 Å². The van der Waals surface area contributed by atoms with Crippen molar-refractivity contribution >= 4 is 5.91 Å². The number of carbonyl (C=O) groups excluding carboxylic acids is 1. The van der Waals surface area contributed by atoms with Crippen LogP contribution in [-0.2, 0) is 6.54 Å². The number of hydrogen-bond donors (Lipinski definition) is 1. The second-order valence-corrected chi connectivity index (χ2v) is 9.15. The third kappa shape index (κ3) is 5.48. The summed E-state index contributed by atoms with van der Waals surface area (Å²) in [6.07, 6.45) is 4.74.